The normalized spacial score (nSPS) is 17.5. The third kappa shape index (κ3) is 6.03. The van der Waals surface area contributed by atoms with Crippen LogP contribution in [0.3, 0.4) is 0 Å². The number of imide groups is 1. The quantitative estimate of drug-likeness (QED) is 0.397. The number of sulfonamides is 1. The van der Waals surface area contributed by atoms with Crippen molar-refractivity contribution in [2.45, 2.75) is 50.0 Å². The van der Waals surface area contributed by atoms with Crippen molar-refractivity contribution in [2.24, 2.45) is 5.92 Å². The van der Waals surface area contributed by atoms with E-state index in [-0.39, 0.29) is 67.4 Å². The molecule has 222 valence electrons. The zero-order valence-corrected chi connectivity index (χ0v) is 24.6. The van der Waals surface area contributed by atoms with Crippen LogP contribution in [0.15, 0.2) is 47.4 Å². The number of hydrogen-bond acceptors (Lipinski definition) is 7. The molecule has 41 heavy (non-hydrogen) atoms. The SMILES string of the molecule is COc1ccc(CCN2C(=O)N(CC(C)C)C(=O)C23CCN(S(=O)(=O)c2cc(CC(=O)O)ccc2OC)CC3)cc1. The monoisotopic (exact) mass is 587 g/mol. The van der Waals surface area contributed by atoms with Gasteiger partial charge in [-0.05, 0) is 60.6 Å². The average Bonchev–Trinajstić information content (AvgIpc) is 3.12. The summed E-state index contributed by atoms with van der Waals surface area (Å²) in [5.74, 6) is -0.463. The lowest BCUT2D eigenvalue weighted by molar-refractivity contribution is -0.136. The highest BCUT2D eigenvalue weighted by Crippen LogP contribution is 2.40. The van der Waals surface area contributed by atoms with Gasteiger partial charge >= 0.3 is 12.0 Å². The minimum atomic E-state index is -4.08. The van der Waals surface area contributed by atoms with Crippen LogP contribution in [0.4, 0.5) is 4.79 Å². The molecule has 11 nitrogen and oxygen atoms in total. The second-order valence-corrected chi connectivity index (χ2v) is 12.7. The summed E-state index contributed by atoms with van der Waals surface area (Å²) in [6, 6.07) is 11.5. The molecule has 0 radical (unpaired) electrons. The molecule has 3 amide bonds. The van der Waals surface area contributed by atoms with Crippen LogP contribution in [-0.4, -0.2) is 91.5 Å². The number of carbonyl (C=O) groups excluding carboxylic acids is 2. The number of amides is 3. The van der Waals surface area contributed by atoms with Crippen molar-refractivity contribution in [1.29, 1.82) is 0 Å². The maximum absolute atomic E-state index is 13.8. The van der Waals surface area contributed by atoms with Crippen molar-refractivity contribution >= 4 is 27.9 Å². The fraction of sp³-hybridized carbons (Fsp3) is 0.483. The lowest BCUT2D eigenvalue weighted by atomic mass is 9.86. The van der Waals surface area contributed by atoms with Crippen molar-refractivity contribution in [3.63, 3.8) is 0 Å². The summed E-state index contributed by atoms with van der Waals surface area (Å²) in [6.45, 7) is 4.50. The van der Waals surface area contributed by atoms with Crippen LogP contribution in [0.1, 0.15) is 37.8 Å². The number of nitrogens with zero attached hydrogens (tertiary/aromatic N) is 3. The number of rotatable bonds is 11. The van der Waals surface area contributed by atoms with Crippen molar-refractivity contribution < 1.29 is 37.4 Å². The van der Waals surface area contributed by atoms with Gasteiger partial charge in [-0.3, -0.25) is 14.5 Å². The van der Waals surface area contributed by atoms with Crippen LogP contribution in [0.5, 0.6) is 11.5 Å². The predicted molar refractivity (Wildman–Crippen MR) is 150 cm³/mol. The number of carboxylic acids is 1. The van der Waals surface area contributed by atoms with Crippen LogP contribution < -0.4 is 9.47 Å². The van der Waals surface area contributed by atoms with Crippen molar-refractivity contribution in [1.82, 2.24) is 14.1 Å². The van der Waals surface area contributed by atoms with E-state index in [9.17, 15) is 27.9 Å². The van der Waals surface area contributed by atoms with Crippen molar-refractivity contribution in [3.8, 4) is 11.5 Å². The van der Waals surface area contributed by atoms with Gasteiger partial charge in [0.25, 0.3) is 5.91 Å². The van der Waals surface area contributed by atoms with Crippen LogP contribution >= 0.6 is 0 Å². The van der Waals surface area contributed by atoms with E-state index in [4.69, 9.17) is 9.47 Å². The van der Waals surface area contributed by atoms with E-state index in [1.807, 2.05) is 38.1 Å². The van der Waals surface area contributed by atoms with E-state index in [0.29, 0.717) is 18.5 Å². The molecule has 2 aliphatic heterocycles. The molecule has 2 aliphatic rings. The van der Waals surface area contributed by atoms with Crippen molar-refractivity contribution in [3.05, 3.63) is 53.6 Å². The van der Waals surface area contributed by atoms with Gasteiger partial charge in [-0.1, -0.05) is 32.0 Å². The topological polar surface area (TPSA) is 134 Å². The van der Waals surface area contributed by atoms with E-state index in [1.165, 1.54) is 34.5 Å². The first kappa shape index (κ1) is 30.3. The van der Waals surface area contributed by atoms with Gasteiger partial charge in [-0.2, -0.15) is 4.31 Å². The Hall–Kier alpha value is -3.64. The third-order valence-electron chi connectivity index (χ3n) is 7.70. The minimum Gasteiger partial charge on any atom is -0.497 e. The van der Waals surface area contributed by atoms with Crippen LogP contribution in [-0.2, 0) is 32.5 Å². The maximum Gasteiger partial charge on any atom is 0.327 e. The van der Waals surface area contributed by atoms with E-state index >= 15 is 0 Å². The standard InChI is InChI=1S/C29H37N3O8S/c1-20(2)19-31-27(35)29(32(28(31)36)14-11-21-5-8-23(39-3)9-6-21)12-15-30(16-13-29)41(37,38)25-17-22(18-26(33)34)7-10-24(25)40-4/h5-10,17,20H,11-16,18-19H2,1-4H3,(H,33,34). The van der Waals surface area contributed by atoms with Gasteiger partial charge in [0.15, 0.2) is 0 Å². The van der Waals surface area contributed by atoms with Gasteiger partial charge in [0, 0.05) is 26.2 Å². The lowest BCUT2D eigenvalue weighted by Gasteiger charge is -2.41. The Labute approximate surface area is 240 Å². The predicted octanol–water partition coefficient (Wildman–Crippen LogP) is 3.02. The molecule has 0 atom stereocenters. The Kier molecular flexibility index (Phi) is 8.93. The van der Waals surface area contributed by atoms with Gasteiger partial charge < -0.3 is 19.5 Å². The zero-order valence-electron chi connectivity index (χ0n) is 23.8. The molecule has 1 spiro atoms. The summed E-state index contributed by atoms with van der Waals surface area (Å²) in [5.41, 5.74) is 0.174. The molecule has 4 rings (SSSR count). The number of carbonyl (C=O) groups is 3. The van der Waals surface area contributed by atoms with Gasteiger partial charge in [0.05, 0.1) is 20.6 Å². The first-order valence-electron chi connectivity index (χ1n) is 13.6. The summed E-state index contributed by atoms with van der Waals surface area (Å²) >= 11 is 0. The van der Waals surface area contributed by atoms with Gasteiger partial charge in [-0.25, -0.2) is 13.2 Å². The fourth-order valence-corrected chi connectivity index (χ4v) is 7.23. The lowest BCUT2D eigenvalue weighted by Crippen LogP contribution is -2.57. The summed E-state index contributed by atoms with van der Waals surface area (Å²) in [4.78, 5) is 41.4. The number of hydrogen-bond donors (Lipinski definition) is 1. The molecular formula is C29H37N3O8S. The smallest absolute Gasteiger partial charge is 0.327 e. The number of urea groups is 1. The largest absolute Gasteiger partial charge is 0.497 e. The Morgan fingerprint density at radius 1 is 1.00 bits per heavy atom. The van der Waals surface area contributed by atoms with Crippen LogP contribution in [0.25, 0.3) is 0 Å². The Morgan fingerprint density at radius 3 is 2.20 bits per heavy atom. The Balaban J connectivity index is 1.59. The average molecular weight is 588 g/mol. The number of aliphatic carboxylic acids is 1. The molecule has 2 saturated heterocycles. The van der Waals surface area contributed by atoms with Crippen LogP contribution in [0, 0.1) is 5.92 Å². The summed E-state index contributed by atoms with van der Waals surface area (Å²) in [5, 5.41) is 9.18. The molecule has 0 saturated carbocycles. The highest BCUT2D eigenvalue weighted by Gasteiger charge is 2.58. The number of methoxy groups -OCH3 is 2. The highest BCUT2D eigenvalue weighted by molar-refractivity contribution is 7.89. The molecule has 0 bridgehead atoms. The molecule has 1 N–H and O–H groups in total. The molecule has 2 aromatic carbocycles. The molecule has 0 aromatic heterocycles. The highest BCUT2D eigenvalue weighted by atomic mass is 32.2. The summed E-state index contributed by atoms with van der Waals surface area (Å²) in [6.07, 6.45) is 0.479. The number of ether oxygens (including phenoxy) is 2. The van der Waals surface area contributed by atoms with Gasteiger partial charge in [-0.15, -0.1) is 0 Å². The Morgan fingerprint density at radius 2 is 1.63 bits per heavy atom. The minimum absolute atomic E-state index is 0.0161. The molecule has 0 unspecified atom stereocenters. The van der Waals surface area contributed by atoms with E-state index in [0.717, 1.165) is 11.3 Å². The first-order valence-corrected chi connectivity index (χ1v) is 15.0. The molecule has 2 aromatic rings. The molecule has 0 aliphatic carbocycles. The van der Waals surface area contributed by atoms with Crippen LogP contribution in [0.2, 0.25) is 0 Å². The van der Waals surface area contributed by atoms with Crippen molar-refractivity contribution in [2.75, 3.05) is 40.4 Å². The molecule has 2 fully saturated rings. The Bertz CT molecular complexity index is 1400. The van der Waals surface area contributed by atoms with Gasteiger partial charge in [0.2, 0.25) is 10.0 Å². The van der Waals surface area contributed by atoms with E-state index in [1.54, 1.807) is 12.0 Å². The molecular weight excluding hydrogens is 550 g/mol. The number of carboxylic acid groups (broad SMARTS) is 1. The molecule has 12 heteroatoms. The number of benzene rings is 2. The zero-order chi connectivity index (χ0) is 29.9. The summed E-state index contributed by atoms with van der Waals surface area (Å²) in [7, 11) is -1.14. The third-order valence-corrected chi connectivity index (χ3v) is 9.62. The second kappa shape index (κ2) is 12.1. The fourth-order valence-electron chi connectivity index (χ4n) is 5.58. The summed E-state index contributed by atoms with van der Waals surface area (Å²) < 4.78 is 39.2. The van der Waals surface area contributed by atoms with E-state index in [2.05, 4.69) is 0 Å². The number of piperidine rings is 1. The maximum atomic E-state index is 13.8. The van der Waals surface area contributed by atoms with Gasteiger partial charge in [0.1, 0.15) is 21.9 Å². The molecule has 2 heterocycles. The van der Waals surface area contributed by atoms with E-state index < -0.39 is 21.5 Å². The second-order valence-electron chi connectivity index (χ2n) is 10.8. The first-order chi connectivity index (χ1) is 19.4.